The summed E-state index contributed by atoms with van der Waals surface area (Å²) in [5.41, 5.74) is 3.67. The van der Waals surface area contributed by atoms with Crippen LogP contribution in [0.4, 0.5) is 11.5 Å². The molecule has 0 radical (unpaired) electrons. The van der Waals surface area contributed by atoms with E-state index >= 15 is 0 Å². The van der Waals surface area contributed by atoms with Crippen molar-refractivity contribution in [1.82, 2.24) is 4.98 Å². The maximum atomic E-state index is 12.5. The summed E-state index contributed by atoms with van der Waals surface area (Å²) in [7, 11) is 0. The van der Waals surface area contributed by atoms with Crippen molar-refractivity contribution in [3.8, 4) is 12.3 Å². The van der Waals surface area contributed by atoms with E-state index < -0.39 is 0 Å². The Morgan fingerprint density at radius 2 is 1.86 bits per heavy atom. The number of terminal acetylenes is 1. The minimum Gasteiger partial charge on any atom is -0.322 e. The normalized spacial score (nSPS) is 10.3. The zero-order valence-corrected chi connectivity index (χ0v) is 15.8. The number of aromatic nitrogens is 1. The summed E-state index contributed by atoms with van der Waals surface area (Å²) in [5.74, 6) is 2.32. The fraction of sp³-hybridized carbons (Fsp3) is 0.0417. The number of amides is 2. The highest BCUT2D eigenvalue weighted by Crippen LogP contribution is 2.13. The first-order chi connectivity index (χ1) is 14.0. The number of carbonyl (C=O) groups is 2. The van der Waals surface area contributed by atoms with Crippen molar-refractivity contribution in [3.63, 3.8) is 0 Å². The molecule has 2 aromatic carbocycles. The van der Waals surface area contributed by atoms with Crippen LogP contribution in [0.2, 0.25) is 0 Å². The molecule has 0 spiro atoms. The lowest BCUT2D eigenvalue weighted by molar-refractivity contribution is -0.111. The number of carbonyl (C=O) groups excluding carboxylic acids is 2. The van der Waals surface area contributed by atoms with Crippen LogP contribution in [0.3, 0.4) is 0 Å². The van der Waals surface area contributed by atoms with E-state index in [1.807, 2.05) is 37.3 Å². The third-order valence-electron chi connectivity index (χ3n) is 4.03. The smallest absolute Gasteiger partial charge is 0.255 e. The summed E-state index contributed by atoms with van der Waals surface area (Å²) in [4.78, 5) is 28.6. The summed E-state index contributed by atoms with van der Waals surface area (Å²) in [6, 6.07) is 17.9. The lowest BCUT2D eigenvalue weighted by Gasteiger charge is -2.06. The van der Waals surface area contributed by atoms with Gasteiger partial charge in [0, 0.05) is 29.1 Å². The Labute approximate surface area is 169 Å². The maximum absolute atomic E-state index is 12.5. The molecule has 5 nitrogen and oxygen atoms in total. The zero-order chi connectivity index (χ0) is 20.6. The molecule has 0 bridgehead atoms. The zero-order valence-electron chi connectivity index (χ0n) is 15.8. The molecule has 0 aliphatic rings. The van der Waals surface area contributed by atoms with Crippen LogP contribution in [0.1, 0.15) is 27.0 Å². The van der Waals surface area contributed by atoms with Gasteiger partial charge >= 0.3 is 0 Å². The van der Waals surface area contributed by atoms with Crippen molar-refractivity contribution in [2.75, 3.05) is 10.6 Å². The largest absolute Gasteiger partial charge is 0.322 e. The van der Waals surface area contributed by atoms with Gasteiger partial charge in [-0.05, 0) is 60.5 Å². The third-order valence-corrected chi connectivity index (χ3v) is 4.03. The third kappa shape index (κ3) is 5.65. The van der Waals surface area contributed by atoms with Crippen molar-refractivity contribution in [2.24, 2.45) is 0 Å². The molecule has 0 aliphatic carbocycles. The van der Waals surface area contributed by atoms with Gasteiger partial charge in [-0.25, -0.2) is 4.98 Å². The Hall–Kier alpha value is -4.17. The number of pyridine rings is 1. The van der Waals surface area contributed by atoms with Gasteiger partial charge in [0.05, 0.1) is 0 Å². The maximum Gasteiger partial charge on any atom is 0.255 e. The van der Waals surface area contributed by atoms with Gasteiger partial charge in [0.2, 0.25) is 5.91 Å². The van der Waals surface area contributed by atoms with Gasteiger partial charge in [-0.1, -0.05) is 30.2 Å². The highest BCUT2D eigenvalue weighted by molar-refractivity contribution is 6.05. The van der Waals surface area contributed by atoms with Gasteiger partial charge in [-0.15, -0.1) is 6.42 Å². The van der Waals surface area contributed by atoms with Crippen LogP contribution in [0, 0.1) is 19.3 Å². The molecule has 142 valence electrons. The number of hydrogen-bond donors (Lipinski definition) is 2. The Balaban J connectivity index is 1.64. The Morgan fingerprint density at radius 3 is 2.59 bits per heavy atom. The van der Waals surface area contributed by atoms with Gasteiger partial charge in [-0.2, -0.15) is 0 Å². The number of hydrogen-bond acceptors (Lipinski definition) is 3. The van der Waals surface area contributed by atoms with E-state index in [4.69, 9.17) is 6.42 Å². The van der Waals surface area contributed by atoms with Crippen LogP contribution in [-0.4, -0.2) is 16.8 Å². The number of anilines is 2. The minimum atomic E-state index is -0.333. The highest BCUT2D eigenvalue weighted by atomic mass is 16.2. The Morgan fingerprint density at radius 1 is 1.03 bits per heavy atom. The molecular weight excluding hydrogens is 362 g/mol. The van der Waals surface area contributed by atoms with Gasteiger partial charge < -0.3 is 10.6 Å². The topological polar surface area (TPSA) is 71.1 Å². The number of benzene rings is 2. The summed E-state index contributed by atoms with van der Waals surface area (Å²) < 4.78 is 0. The van der Waals surface area contributed by atoms with Crippen molar-refractivity contribution < 1.29 is 9.59 Å². The average molecular weight is 381 g/mol. The molecule has 0 fully saturated rings. The van der Waals surface area contributed by atoms with E-state index in [-0.39, 0.29) is 11.8 Å². The van der Waals surface area contributed by atoms with E-state index in [1.54, 1.807) is 36.4 Å². The van der Waals surface area contributed by atoms with Crippen LogP contribution in [0.25, 0.3) is 6.08 Å². The first-order valence-electron chi connectivity index (χ1n) is 8.93. The SMILES string of the molecule is C#Cc1ccc(NC(=O)/C=C/c2cccc(C(=O)Nc3cccc(C)c3)c2)nc1. The fourth-order valence-corrected chi connectivity index (χ4v) is 2.60. The second-order valence-electron chi connectivity index (χ2n) is 6.35. The molecule has 0 aliphatic heterocycles. The van der Waals surface area contributed by atoms with Gasteiger partial charge in [-0.3, -0.25) is 9.59 Å². The molecule has 2 N–H and O–H groups in total. The van der Waals surface area contributed by atoms with Gasteiger partial charge in [0.1, 0.15) is 5.82 Å². The van der Waals surface area contributed by atoms with Gasteiger partial charge in [0.25, 0.3) is 5.91 Å². The quantitative estimate of drug-likeness (QED) is 0.512. The Kier molecular flexibility index (Phi) is 6.18. The molecule has 5 heteroatoms. The number of rotatable bonds is 5. The van der Waals surface area contributed by atoms with Crippen LogP contribution >= 0.6 is 0 Å². The van der Waals surface area contributed by atoms with E-state index in [0.717, 1.165) is 16.8 Å². The fourth-order valence-electron chi connectivity index (χ4n) is 2.60. The minimum absolute atomic E-state index is 0.215. The van der Waals surface area contributed by atoms with Crippen molar-refractivity contribution >= 4 is 29.4 Å². The molecule has 0 atom stereocenters. The van der Waals surface area contributed by atoms with Crippen molar-refractivity contribution in [2.45, 2.75) is 6.92 Å². The van der Waals surface area contributed by atoms with Crippen molar-refractivity contribution in [3.05, 3.63) is 95.2 Å². The van der Waals surface area contributed by atoms with E-state index in [9.17, 15) is 9.59 Å². The molecule has 0 saturated heterocycles. The second-order valence-corrected chi connectivity index (χ2v) is 6.35. The number of aryl methyl sites for hydroxylation is 1. The molecule has 0 unspecified atom stereocenters. The van der Waals surface area contributed by atoms with Crippen LogP contribution in [-0.2, 0) is 4.79 Å². The lowest BCUT2D eigenvalue weighted by Crippen LogP contribution is -2.12. The standard InChI is InChI=1S/C24H19N3O2/c1-3-18-10-12-22(25-16-18)27-23(28)13-11-19-7-5-8-20(15-19)24(29)26-21-9-4-6-17(2)14-21/h1,4-16H,2H3,(H,26,29)(H,25,27,28)/b13-11+. The lowest BCUT2D eigenvalue weighted by atomic mass is 10.1. The van der Waals surface area contributed by atoms with Crippen molar-refractivity contribution in [1.29, 1.82) is 0 Å². The molecule has 3 aromatic rings. The van der Waals surface area contributed by atoms with Crippen LogP contribution < -0.4 is 10.6 Å². The number of nitrogens with one attached hydrogen (secondary N) is 2. The van der Waals surface area contributed by atoms with Crippen LogP contribution in [0.5, 0.6) is 0 Å². The predicted octanol–water partition coefficient (Wildman–Crippen LogP) is 4.28. The van der Waals surface area contributed by atoms with Crippen LogP contribution in [0.15, 0.2) is 72.9 Å². The van der Waals surface area contributed by atoms with E-state index in [0.29, 0.717) is 16.9 Å². The molecule has 1 heterocycles. The monoisotopic (exact) mass is 381 g/mol. The summed E-state index contributed by atoms with van der Waals surface area (Å²) in [6.07, 6.45) is 9.81. The van der Waals surface area contributed by atoms with Gasteiger partial charge in [0.15, 0.2) is 0 Å². The van der Waals surface area contributed by atoms with E-state index in [2.05, 4.69) is 21.5 Å². The highest BCUT2D eigenvalue weighted by Gasteiger charge is 2.06. The molecule has 1 aromatic heterocycles. The first kappa shape index (κ1) is 19.6. The summed E-state index contributed by atoms with van der Waals surface area (Å²) in [5, 5.41) is 5.52. The molecular formula is C24H19N3O2. The predicted molar refractivity (Wildman–Crippen MR) is 115 cm³/mol. The second kappa shape index (κ2) is 9.16. The molecule has 2 amide bonds. The summed E-state index contributed by atoms with van der Waals surface area (Å²) >= 11 is 0. The van der Waals surface area contributed by atoms with E-state index in [1.165, 1.54) is 12.3 Å². The number of nitrogens with zero attached hydrogens (tertiary/aromatic N) is 1. The average Bonchev–Trinajstić information content (AvgIpc) is 2.73. The first-order valence-corrected chi connectivity index (χ1v) is 8.93. The summed E-state index contributed by atoms with van der Waals surface area (Å²) in [6.45, 7) is 1.96. The Bertz CT molecular complexity index is 1110. The molecule has 0 saturated carbocycles. The molecule has 3 rings (SSSR count). The molecule has 29 heavy (non-hydrogen) atoms.